The monoisotopic (exact) mass is 363 g/mol. The molecule has 0 aromatic heterocycles. The summed E-state index contributed by atoms with van der Waals surface area (Å²) in [6, 6.07) is 6.89. The van der Waals surface area contributed by atoms with Crippen molar-refractivity contribution in [1.29, 1.82) is 0 Å². The third-order valence-electron chi connectivity index (χ3n) is 4.91. The number of thioether (sulfide) groups is 1. The molecule has 0 saturated heterocycles. The molecule has 0 unspecified atom stereocenters. The highest BCUT2D eigenvalue weighted by Gasteiger charge is 2.53. The third kappa shape index (κ3) is 2.43. The van der Waals surface area contributed by atoms with Crippen LogP contribution in [0.3, 0.4) is 0 Å². The zero-order valence-electron chi connectivity index (χ0n) is 14.2. The van der Waals surface area contributed by atoms with Crippen LogP contribution in [0.15, 0.2) is 51.9 Å². The number of nitrogens with zero attached hydrogens (tertiary/aromatic N) is 1. The summed E-state index contributed by atoms with van der Waals surface area (Å²) in [5, 5.41) is 0. The quantitative estimate of drug-likeness (QED) is 0.825. The number of rotatable bonds is 3. The van der Waals surface area contributed by atoms with Crippen LogP contribution in [-0.2, 0) is 14.8 Å². The topological polar surface area (TPSA) is 54.5 Å². The molecule has 4 nitrogen and oxygen atoms in total. The molecule has 0 spiro atoms. The van der Waals surface area contributed by atoms with Crippen LogP contribution < -0.4 is 0 Å². The van der Waals surface area contributed by atoms with Gasteiger partial charge in [-0.1, -0.05) is 23.8 Å². The van der Waals surface area contributed by atoms with Crippen molar-refractivity contribution in [3.8, 4) is 0 Å². The van der Waals surface area contributed by atoms with E-state index in [1.165, 1.54) is 22.1 Å². The number of allylic oxidation sites excluding steroid dienone is 2. The second-order valence-electron chi connectivity index (χ2n) is 6.52. The summed E-state index contributed by atoms with van der Waals surface area (Å²) >= 11 is 1.53. The molecular weight excluding hydrogens is 342 g/mol. The maximum atomic E-state index is 13.3. The maximum Gasteiger partial charge on any atom is 0.264 e. The van der Waals surface area contributed by atoms with Crippen molar-refractivity contribution in [2.75, 3.05) is 6.26 Å². The number of fused-ring (bicyclic) bond motifs is 1. The Labute approximate surface area is 147 Å². The second-order valence-corrected chi connectivity index (χ2v) is 9.15. The largest absolute Gasteiger partial charge is 0.295 e. The molecule has 0 N–H and O–H groups in total. The number of carbonyl (C=O) groups excluding carboxylic acids is 1. The first-order valence-electron chi connectivity index (χ1n) is 7.80. The number of sulfonamides is 1. The van der Waals surface area contributed by atoms with Gasteiger partial charge in [0.25, 0.3) is 10.0 Å². The average molecular weight is 364 g/mol. The molecule has 1 aromatic rings. The highest BCUT2D eigenvalue weighted by molar-refractivity contribution is 8.02. The molecule has 0 saturated carbocycles. The summed E-state index contributed by atoms with van der Waals surface area (Å²) in [5.41, 5.74) is 0.995. The van der Waals surface area contributed by atoms with Crippen LogP contribution in [0.25, 0.3) is 0 Å². The molecule has 0 fully saturated rings. The summed E-state index contributed by atoms with van der Waals surface area (Å²) in [7, 11) is -3.69. The fraction of sp³-hybridized carbons (Fsp3) is 0.389. The van der Waals surface area contributed by atoms with E-state index in [1.807, 2.05) is 27.0 Å². The molecule has 6 heteroatoms. The normalized spacial score (nSPS) is 26.9. The predicted molar refractivity (Wildman–Crippen MR) is 97.1 cm³/mol. The van der Waals surface area contributed by atoms with Crippen LogP contribution in [0.5, 0.6) is 0 Å². The molecule has 3 rings (SSSR count). The van der Waals surface area contributed by atoms with Crippen LogP contribution >= 0.6 is 11.8 Å². The van der Waals surface area contributed by atoms with Gasteiger partial charge in [-0.05, 0) is 45.2 Å². The first-order chi connectivity index (χ1) is 11.2. The van der Waals surface area contributed by atoms with E-state index in [0.29, 0.717) is 6.42 Å². The number of hydrogen-bond donors (Lipinski definition) is 0. The lowest BCUT2D eigenvalue weighted by molar-refractivity contribution is -0.116. The van der Waals surface area contributed by atoms with Crippen LogP contribution in [-0.4, -0.2) is 30.3 Å². The van der Waals surface area contributed by atoms with Gasteiger partial charge in [-0.25, -0.2) is 8.42 Å². The Balaban J connectivity index is 2.18. The van der Waals surface area contributed by atoms with Crippen LogP contribution in [0.1, 0.15) is 25.8 Å². The molecule has 2 aliphatic rings. The van der Waals surface area contributed by atoms with Crippen molar-refractivity contribution in [3.63, 3.8) is 0 Å². The molecule has 128 valence electrons. The summed E-state index contributed by atoms with van der Waals surface area (Å²) in [6.07, 6.45) is 5.55. The fourth-order valence-corrected chi connectivity index (χ4v) is 6.59. The Morgan fingerprint density at radius 2 is 1.83 bits per heavy atom. The van der Waals surface area contributed by atoms with Gasteiger partial charge in [0.05, 0.1) is 10.4 Å². The van der Waals surface area contributed by atoms with E-state index < -0.39 is 15.6 Å². The molecule has 24 heavy (non-hydrogen) atoms. The predicted octanol–water partition coefficient (Wildman–Crippen LogP) is 3.50. The first kappa shape index (κ1) is 17.3. The van der Waals surface area contributed by atoms with E-state index in [9.17, 15) is 13.2 Å². The molecular formula is C18H21NO3S2. The molecule has 1 aliphatic carbocycles. The van der Waals surface area contributed by atoms with Gasteiger partial charge in [-0.2, -0.15) is 0 Å². The number of ketones is 1. The number of hydrogen-bond acceptors (Lipinski definition) is 4. The lowest BCUT2D eigenvalue weighted by Gasteiger charge is -2.40. The molecule has 1 heterocycles. The lowest BCUT2D eigenvalue weighted by Crippen LogP contribution is -2.49. The fourth-order valence-electron chi connectivity index (χ4n) is 3.68. The van der Waals surface area contributed by atoms with E-state index in [4.69, 9.17) is 0 Å². The van der Waals surface area contributed by atoms with Crippen molar-refractivity contribution in [2.45, 2.75) is 37.6 Å². The van der Waals surface area contributed by atoms with Gasteiger partial charge < -0.3 is 0 Å². The van der Waals surface area contributed by atoms with Crippen LogP contribution in [0.4, 0.5) is 0 Å². The number of carbonyl (C=O) groups is 1. The van der Waals surface area contributed by atoms with Gasteiger partial charge >= 0.3 is 0 Å². The number of aryl methyl sites for hydroxylation is 1. The Kier molecular flexibility index (Phi) is 4.16. The minimum atomic E-state index is -3.69. The van der Waals surface area contributed by atoms with Crippen molar-refractivity contribution in [3.05, 3.63) is 52.6 Å². The van der Waals surface area contributed by atoms with Crippen LogP contribution in [0.2, 0.25) is 0 Å². The van der Waals surface area contributed by atoms with E-state index >= 15 is 0 Å². The average Bonchev–Trinajstić information content (AvgIpc) is 2.74. The Hall–Kier alpha value is -1.53. The zero-order chi connectivity index (χ0) is 17.7. The summed E-state index contributed by atoms with van der Waals surface area (Å²) in [6.45, 7) is 5.66. The van der Waals surface area contributed by atoms with Crippen molar-refractivity contribution in [2.24, 2.45) is 5.92 Å². The SMILES string of the molecule is CSC1=C(C)N(S(=O)(=O)c2ccc(C)cc2)[C@@]2(C)C=CC(=O)C[C@@H]12. The number of benzene rings is 1. The minimum Gasteiger partial charge on any atom is -0.295 e. The molecule has 0 bridgehead atoms. The highest BCUT2D eigenvalue weighted by Crippen LogP contribution is 2.52. The molecule has 0 radical (unpaired) electrons. The maximum absolute atomic E-state index is 13.3. The first-order valence-corrected chi connectivity index (χ1v) is 10.5. The molecule has 1 aliphatic heterocycles. The zero-order valence-corrected chi connectivity index (χ0v) is 15.9. The van der Waals surface area contributed by atoms with Gasteiger partial charge in [0, 0.05) is 22.9 Å². The Bertz CT molecular complexity index is 853. The standard InChI is InChI=1S/C18H21NO3S2/c1-12-5-7-15(8-6-12)24(21,22)19-13(2)17(23-4)16-11-14(20)9-10-18(16,19)3/h5-10,16H,11H2,1-4H3/t16-,18-/m0/s1. The summed E-state index contributed by atoms with van der Waals surface area (Å²) < 4.78 is 28.1. The van der Waals surface area contributed by atoms with Gasteiger partial charge in [0.1, 0.15) is 0 Å². The Morgan fingerprint density at radius 1 is 1.21 bits per heavy atom. The van der Waals surface area contributed by atoms with Gasteiger partial charge in [0.2, 0.25) is 0 Å². The van der Waals surface area contributed by atoms with Gasteiger partial charge in [0.15, 0.2) is 5.78 Å². The molecule has 2 atom stereocenters. The molecule has 1 aromatic carbocycles. The van der Waals surface area contributed by atoms with Crippen molar-refractivity contribution >= 4 is 27.6 Å². The Morgan fingerprint density at radius 3 is 2.42 bits per heavy atom. The van der Waals surface area contributed by atoms with Gasteiger partial charge in [-0.3, -0.25) is 9.10 Å². The van der Waals surface area contributed by atoms with E-state index in [0.717, 1.165) is 16.2 Å². The van der Waals surface area contributed by atoms with E-state index in [-0.39, 0.29) is 16.6 Å². The van der Waals surface area contributed by atoms with Crippen molar-refractivity contribution < 1.29 is 13.2 Å². The van der Waals surface area contributed by atoms with Crippen LogP contribution in [0, 0.1) is 12.8 Å². The lowest BCUT2D eigenvalue weighted by atomic mass is 9.80. The van der Waals surface area contributed by atoms with E-state index in [2.05, 4.69) is 0 Å². The smallest absolute Gasteiger partial charge is 0.264 e. The summed E-state index contributed by atoms with van der Waals surface area (Å²) in [4.78, 5) is 13.1. The van der Waals surface area contributed by atoms with Gasteiger partial charge in [-0.15, -0.1) is 11.8 Å². The second kappa shape index (κ2) is 5.77. The highest BCUT2D eigenvalue weighted by atomic mass is 32.2. The van der Waals surface area contributed by atoms with Crippen molar-refractivity contribution in [1.82, 2.24) is 4.31 Å². The minimum absolute atomic E-state index is 0.0476. The van der Waals surface area contributed by atoms with E-state index in [1.54, 1.807) is 30.3 Å². The molecule has 0 amide bonds. The summed E-state index contributed by atoms with van der Waals surface area (Å²) in [5.74, 6) is -0.0726. The third-order valence-corrected chi connectivity index (χ3v) is 7.95.